The van der Waals surface area contributed by atoms with E-state index in [4.69, 9.17) is 4.42 Å². The Morgan fingerprint density at radius 3 is 2.73 bits per heavy atom. The maximum atomic E-state index is 13.3. The van der Waals surface area contributed by atoms with Crippen LogP contribution in [0.2, 0.25) is 0 Å². The summed E-state index contributed by atoms with van der Waals surface area (Å²) in [6.45, 7) is 3.83. The van der Waals surface area contributed by atoms with Crippen molar-refractivity contribution in [2.24, 2.45) is 0 Å². The summed E-state index contributed by atoms with van der Waals surface area (Å²) in [7, 11) is -3.83. The van der Waals surface area contributed by atoms with Gasteiger partial charge in [-0.15, -0.1) is 0 Å². The van der Waals surface area contributed by atoms with Gasteiger partial charge in [0, 0.05) is 18.7 Å². The number of hydrogen-bond donors (Lipinski definition) is 1. The SMILES string of the molecule is CC(C)NC(=O)Cn1c(=O)oc2cc(S(=O)(=O)N3CCCc4ccccc43)ccc21. The van der Waals surface area contributed by atoms with Gasteiger partial charge >= 0.3 is 5.76 Å². The van der Waals surface area contributed by atoms with Gasteiger partial charge in [-0.1, -0.05) is 18.2 Å². The Labute approximate surface area is 174 Å². The van der Waals surface area contributed by atoms with Crippen LogP contribution in [0.1, 0.15) is 25.8 Å². The summed E-state index contributed by atoms with van der Waals surface area (Å²) < 4.78 is 34.5. The summed E-state index contributed by atoms with van der Waals surface area (Å²) in [5.74, 6) is -1.03. The minimum Gasteiger partial charge on any atom is -0.408 e. The third-order valence-electron chi connectivity index (χ3n) is 5.05. The number of oxazole rings is 1. The number of anilines is 1. The number of rotatable bonds is 5. The summed E-state index contributed by atoms with van der Waals surface area (Å²) in [4.78, 5) is 24.3. The van der Waals surface area contributed by atoms with Gasteiger partial charge in [-0.05, 0) is 50.5 Å². The first-order chi connectivity index (χ1) is 14.3. The second kappa shape index (κ2) is 7.64. The van der Waals surface area contributed by atoms with Crippen LogP contribution in [0.15, 0.2) is 56.6 Å². The average molecular weight is 429 g/mol. The highest BCUT2D eigenvalue weighted by molar-refractivity contribution is 7.92. The number of carbonyl (C=O) groups excluding carboxylic acids is 1. The first kappa shape index (κ1) is 20.2. The normalized spacial score (nSPS) is 14.2. The zero-order valence-corrected chi connectivity index (χ0v) is 17.6. The first-order valence-electron chi connectivity index (χ1n) is 9.81. The molecule has 0 radical (unpaired) electrons. The van der Waals surface area contributed by atoms with E-state index in [9.17, 15) is 18.0 Å². The van der Waals surface area contributed by atoms with Crippen molar-refractivity contribution in [3.63, 3.8) is 0 Å². The standard InChI is InChI=1S/C21H23N3O5S/c1-14(2)22-20(25)13-23-18-10-9-16(12-19(18)29-21(23)26)30(27,28)24-11-5-7-15-6-3-4-8-17(15)24/h3-4,6,8-10,12,14H,5,7,11,13H2,1-2H3,(H,22,25). The molecule has 158 valence electrons. The first-order valence-corrected chi connectivity index (χ1v) is 11.2. The molecule has 0 bridgehead atoms. The second-order valence-electron chi connectivity index (χ2n) is 7.62. The van der Waals surface area contributed by atoms with Crippen molar-refractivity contribution in [2.75, 3.05) is 10.8 Å². The van der Waals surface area contributed by atoms with Crippen molar-refractivity contribution in [1.29, 1.82) is 0 Å². The van der Waals surface area contributed by atoms with E-state index in [0.29, 0.717) is 17.7 Å². The molecule has 1 amide bonds. The predicted octanol–water partition coefficient (Wildman–Crippen LogP) is 2.26. The van der Waals surface area contributed by atoms with Gasteiger partial charge in [0.1, 0.15) is 6.54 Å². The number of amides is 1. The Morgan fingerprint density at radius 1 is 1.20 bits per heavy atom. The Kier molecular flexibility index (Phi) is 5.15. The molecule has 30 heavy (non-hydrogen) atoms. The number of fused-ring (bicyclic) bond motifs is 2. The van der Waals surface area contributed by atoms with Crippen molar-refractivity contribution in [3.8, 4) is 0 Å². The van der Waals surface area contributed by atoms with Crippen LogP contribution >= 0.6 is 0 Å². The average Bonchev–Trinajstić information content (AvgIpc) is 3.01. The van der Waals surface area contributed by atoms with E-state index in [0.717, 1.165) is 18.4 Å². The third kappa shape index (κ3) is 3.60. The minimum atomic E-state index is -3.83. The van der Waals surface area contributed by atoms with Gasteiger partial charge in [0.25, 0.3) is 10.0 Å². The van der Waals surface area contributed by atoms with E-state index in [1.54, 1.807) is 6.07 Å². The molecule has 9 heteroatoms. The lowest BCUT2D eigenvalue weighted by Gasteiger charge is -2.30. The van der Waals surface area contributed by atoms with Gasteiger partial charge in [0.05, 0.1) is 16.1 Å². The highest BCUT2D eigenvalue weighted by Gasteiger charge is 2.29. The van der Waals surface area contributed by atoms with Gasteiger partial charge in [-0.25, -0.2) is 13.2 Å². The molecule has 0 saturated carbocycles. The van der Waals surface area contributed by atoms with E-state index >= 15 is 0 Å². The van der Waals surface area contributed by atoms with Gasteiger partial charge in [-0.3, -0.25) is 13.7 Å². The number of aryl methyl sites for hydroxylation is 1. The number of aromatic nitrogens is 1. The van der Waals surface area contributed by atoms with Crippen LogP contribution in [-0.4, -0.2) is 31.5 Å². The summed E-state index contributed by atoms with van der Waals surface area (Å²) in [6.07, 6.45) is 1.56. The number of carbonyl (C=O) groups is 1. The molecule has 1 aliphatic heterocycles. The van der Waals surface area contributed by atoms with Crippen molar-refractivity contribution < 1.29 is 17.6 Å². The summed E-state index contributed by atoms with van der Waals surface area (Å²) in [6, 6.07) is 11.7. The lowest BCUT2D eigenvalue weighted by atomic mass is 10.0. The monoisotopic (exact) mass is 429 g/mol. The van der Waals surface area contributed by atoms with Crippen molar-refractivity contribution in [3.05, 3.63) is 58.6 Å². The maximum absolute atomic E-state index is 13.3. The number of benzene rings is 2. The van der Waals surface area contributed by atoms with E-state index < -0.39 is 15.8 Å². The lowest BCUT2D eigenvalue weighted by molar-refractivity contribution is -0.122. The van der Waals surface area contributed by atoms with Crippen molar-refractivity contribution in [2.45, 2.75) is 44.2 Å². The molecular formula is C21H23N3O5S. The van der Waals surface area contributed by atoms with Crippen LogP contribution in [0.3, 0.4) is 0 Å². The fourth-order valence-electron chi connectivity index (χ4n) is 3.74. The molecule has 0 spiro atoms. The highest BCUT2D eigenvalue weighted by atomic mass is 32.2. The van der Waals surface area contributed by atoms with Gasteiger partial charge in [0.15, 0.2) is 5.58 Å². The quantitative estimate of drug-likeness (QED) is 0.670. The Bertz CT molecular complexity index is 1270. The van der Waals surface area contributed by atoms with Crippen LogP contribution in [0, 0.1) is 0 Å². The highest BCUT2D eigenvalue weighted by Crippen LogP contribution is 2.32. The molecule has 1 aliphatic rings. The number of para-hydroxylation sites is 1. The zero-order valence-electron chi connectivity index (χ0n) is 16.8. The number of sulfonamides is 1. The molecule has 2 aromatic carbocycles. The van der Waals surface area contributed by atoms with Gasteiger partial charge < -0.3 is 9.73 Å². The van der Waals surface area contributed by atoms with Crippen LogP contribution in [-0.2, 0) is 27.8 Å². The molecule has 8 nitrogen and oxygen atoms in total. The smallest absolute Gasteiger partial charge is 0.408 e. The van der Waals surface area contributed by atoms with Crippen molar-refractivity contribution in [1.82, 2.24) is 9.88 Å². The topological polar surface area (TPSA) is 102 Å². The lowest BCUT2D eigenvalue weighted by Crippen LogP contribution is -2.35. The molecule has 0 saturated heterocycles. The molecule has 2 heterocycles. The zero-order chi connectivity index (χ0) is 21.5. The van der Waals surface area contributed by atoms with Crippen LogP contribution in [0.5, 0.6) is 0 Å². The fourth-order valence-corrected chi connectivity index (χ4v) is 5.30. The molecule has 0 unspecified atom stereocenters. The Hall–Kier alpha value is -3.07. The molecule has 4 rings (SSSR count). The molecule has 1 N–H and O–H groups in total. The number of nitrogens with one attached hydrogen (secondary N) is 1. The summed E-state index contributed by atoms with van der Waals surface area (Å²) >= 11 is 0. The molecule has 1 aromatic heterocycles. The van der Waals surface area contributed by atoms with Gasteiger partial charge in [0.2, 0.25) is 5.91 Å². The largest absolute Gasteiger partial charge is 0.420 e. The van der Waals surface area contributed by atoms with Gasteiger partial charge in [-0.2, -0.15) is 0 Å². The van der Waals surface area contributed by atoms with Crippen LogP contribution in [0.25, 0.3) is 11.1 Å². The molecule has 0 aliphatic carbocycles. The number of hydrogen-bond acceptors (Lipinski definition) is 5. The minimum absolute atomic E-state index is 0.0410. The summed E-state index contributed by atoms with van der Waals surface area (Å²) in [5.41, 5.74) is 2.16. The van der Waals surface area contributed by atoms with E-state index in [2.05, 4.69) is 5.32 Å². The molecule has 0 fully saturated rings. The van der Waals surface area contributed by atoms with E-state index in [1.165, 1.54) is 27.1 Å². The molecular weight excluding hydrogens is 406 g/mol. The summed E-state index contributed by atoms with van der Waals surface area (Å²) in [5, 5.41) is 2.72. The van der Waals surface area contributed by atoms with Crippen LogP contribution in [0.4, 0.5) is 5.69 Å². The van der Waals surface area contributed by atoms with Crippen molar-refractivity contribution >= 4 is 32.7 Å². The molecule has 3 aromatic rings. The van der Waals surface area contributed by atoms with Crippen LogP contribution < -0.4 is 15.4 Å². The maximum Gasteiger partial charge on any atom is 0.420 e. The number of nitrogens with zero attached hydrogens (tertiary/aromatic N) is 2. The fraction of sp³-hybridized carbons (Fsp3) is 0.333. The molecule has 0 atom stereocenters. The predicted molar refractivity (Wildman–Crippen MR) is 113 cm³/mol. The Balaban J connectivity index is 1.71. The van der Waals surface area contributed by atoms with E-state index in [-0.39, 0.29) is 29.0 Å². The Morgan fingerprint density at radius 2 is 1.97 bits per heavy atom. The van der Waals surface area contributed by atoms with E-state index in [1.807, 2.05) is 32.0 Å². The second-order valence-corrected chi connectivity index (χ2v) is 9.48. The third-order valence-corrected chi connectivity index (χ3v) is 6.86.